The number of nitrogens with zero attached hydrogens (tertiary/aromatic N) is 3. The van der Waals surface area contributed by atoms with Crippen molar-refractivity contribution in [1.29, 1.82) is 0 Å². The number of fused-ring (bicyclic) bond motifs is 1. The maximum absolute atomic E-state index is 5.93. The number of imidazole rings is 1. The second-order valence-corrected chi connectivity index (χ2v) is 5.71. The fourth-order valence-electron chi connectivity index (χ4n) is 3.14. The summed E-state index contributed by atoms with van der Waals surface area (Å²) in [6.07, 6.45) is 10.5. The molecule has 1 saturated carbocycles. The molecule has 0 radical (unpaired) electrons. The minimum atomic E-state index is 0.556. The van der Waals surface area contributed by atoms with Crippen LogP contribution in [-0.2, 0) is 6.42 Å². The monoisotopic (exact) mass is 277 g/mol. The highest BCUT2D eigenvalue weighted by Crippen LogP contribution is 2.31. The van der Waals surface area contributed by atoms with Crippen molar-refractivity contribution in [3.8, 4) is 0 Å². The average molecular weight is 278 g/mol. The predicted molar refractivity (Wildman–Crippen MR) is 78.7 cm³/mol. The van der Waals surface area contributed by atoms with Gasteiger partial charge >= 0.3 is 0 Å². The van der Waals surface area contributed by atoms with Gasteiger partial charge in [-0.3, -0.25) is 0 Å². The van der Waals surface area contributed by atoms with E-state index >= 15 is 0 Å². The van der Waals surface area contributed by atoms with E-state index in [4.69, 9.17) is 16.6 Å². The zero-order valence-corrected chi connectivity index (χ0v) is 11.9. The summed E-state index contributed by atoms with van der Waals surface area (Å²) in [4.78, 5) is 9.27. The van der Waals surface area contributed by atoms with Gasteiger partial charge in [-0.1, -0.05) is 25.7 Å². The normalized spacial score (nSPS) is 17.7. The number of aromatic nitrogens is 3. The maximum atomic E-state index is 5.93. The van der Waals surface area contributed by atoms with E-state index in [0.29, 0.717) is 11.9 Å². The van der Waals surface area contributed by atoms with Crippen LogP contribution in [0.25, 0.3) is 11.2 Å². The Hall–Kier alpha value is -1.09. The fraction of sp³-hybridized carbons (Fsp3) is 0.600. The Morgan fingerprint density at radius 1 is 1.21 bits per heavy atom. The maximum Gasteiger partial charge on any atom is 0.160 e. The predicted octanol–water partition coefficient (Wildman–Crippen LogP) is 4.11. The largest absolute Gasteiger partial charge is 0.310 e. The first-order chi connectivity index (χ1) is 9.40. The molecule has 1 aliphatic carbocycles. The molecule has 0 aliphatic heterocycles. The van der Waals surface area contributed by atoms with E-state index in [1.807, 2.05) is 18.3 Å². The van der Waals surface area contributed by atoms with Crippen molar-refractivity contribution < 1.29 is 0 Å². The van der Waals surface area contributed by atoms with Crippen LogP contribution in [0.3, 0.4) is 0 Å². The second-order valence-electron chi connectivity index (χ2n) is 5.33. The molecule has 0 atom stereocenters. The zero-order valence-electron chi connectivity index (χ0n) is 11.2. The van der Waals surface area contributed by atoms with Gasteiger partial charge in [-0.05, 0) is 25.0 Å². The van der Waals surface area contributed by atoms with Crippen molar-refractivity contribution in [3.05, 3.63) is 24.2 Å². The highest BCUT2D eigenvalue weighted by molar-refractivity contribution is 6.17. The first kappa shape index (κ1) is 12.9. The minimum Gasteiger partial charge on any atom is -0.310 e. The quantitative estimate of drug-likeness (QED) is 0.624. The second kappa shape index (κ2) is 5.91. The first-order valence-electron chi connectivity index (χ1n) is 7.28. The lowest BCUT2D eigenvalue weighted by Gasteiger charge is -2.19. The zero-order chi connectivity index (χ0) is 13.1. The molecular weight excluding hydrogens is 258 g/mol. The van der Waals surface area contributed by atoms with Crippen LogP contribution in [0.2, 0.25) is 0 Å². The Bertz CT molecular complexity index is 541. The number of hydrogen-bond donors (Lipinski definition) is 0. The van der Waals surface area contributed by atoms with Gasteiger partial charge < -0.3 is 4.57 Å². The molecule has 2 aromatic heterocycles. The van der Waals surface area contributed by atoms with Crippen molar-refractivity contribution in [2.45, 2.75) is 51.0 Å². The number of aryl methyl sites for hydroxylation is 1. The lowest BCUT2D eigenvalue weighted by atomic mass is 10.1. The number of alkyl halides is 1. The molecule has 1 aliphatic rings. The third kappa shape index (κ3) is 2.62. The molecule has 19 heavy (non-hydrogen) atoms. The van der Waals surface area contributed by atoms with E-state index < -0.39 is 0 Å². The molecule has 2 aromatic rings. The van der Waals surface area contributed by atoms with Gasteiger partial charge in [0.15, 0.2) is 5.65 Å². The Balaban J connectivity index is 2.05. The van der Waals surface area contributed by atoms with Crippen LogP contribution < -0.4 is 0 Å². The Morgan fingerprint density at radius 2 is 2.00 bits per heavy atom. The average Bonchev–Trinajstić information content (AvgIpc) is 2.61. The van der Waals surface area contributed by atoms with E-state index in [2.05, 4.69) is 9.55 Å². The van der Waals surface area contributed by atoms with Crippen molar-refractivity contribution in [2.24, 2.45) is 0 Å². The van der Waals surface area contributed by atoms with Crippen molar-refractivity contribution >= 4 is 22.8 Å². The first-order valence-corrected chi connectivity index (χ1v) is 7.81. The van der Waals surface area contributed by atoms with Crippen LogP contribution in [0.1, 0.15) is 50.4 Å². The molecule has 0 saturated heterocycles. The molecule has 102 valence electrons. The standard InChI is InChI=1S/C15H20ClN3/c16-10-9-14-18-13-8-5-11-17-15(13)19(14)12-6-3-1-2-4-7-12/h5,8,11-12H,1-4,6-7,9-10H2. The van der Waals surface area contributed by atoms with Gasteiger partial charge in [0.1, 0.15) is 11.3 Å². The minimum absolute atomic E-state index is 0.556. The Morgan fingerprint density at radius 3 is 2.74 bits per heavy atom. The summed E-state index contributed by atoms with van der Waals surface area (Å²) in [5, 5.41) is 0. The third-order valence-electron chi connectivity index (χ3n) is 4.03. The summed E-state index contributed by atoms with van der Waals surface area (Å²) in [7, 11) is 0. The van der Waals surface area contributed by atoms with Crippen molar-refractivity contribution in [2.75, 3.05) is 5.88 Å². The highest BCUT2D eigenvalue weighted by Gasteiger charge is 2.20. The van der Waals surface area contributed by atoms with Gasteiger partial charge in [0.05, 0.1) is 0 Å². The van der Waals surface area contributed by atoms with Gasteiger partial charge in [0, 0.05) is 24.5 Å². The van der Waals surface area contributed by atoms with Crippen LogP contribution in [0.4, 0.5) is 0 Å². The molecule has 3 nitrogen and oxygen atoms in total. The van der Waals surface area contributed by atoms with Crippen LogP contribution in [0, 0.1) is 0 Å². The number of halogens is 1. The van der Waals surface area contributed by atoms with Gasteiger partial charge in [0.25, 0.3) is 0 Å². The number of pyridine rings is 1. The van der Waals surface area contributed by atoms with Crippen LogP contribution in [0.5, 0.6) is 0 Å². The Labute approximate surface area is 119 Å². The molecule has 3 rings (SSSR count). The summed E-state index contributed by atoms with van der Waals surface area (Å²) < 4.78 is 2.36. The smallest absolute Gasteiger partial charge is 0.160 e. The van der Waals surface area contributed by atoms with Crippen molar-refractivity contribution in [3.63, 3.8) is 0 Å². The molecule has 1 fully saturated rings. The van der Waals surface area contributed by atoms with Gasteiger partial charge in [-0.15, -0.1) is 11.6 Å². The molecule has 0 bridgehead atoms. The molecule has 0 unspecified atom stereocenters. The summed E-state index contributed by atoms with van der Waals surface area (Å²) in [5.74, 6) is 1.73. The fourth-order valence-corrected chi connectivity index (χ4v) is 3.31. The van der Waals surface area contributed by atoms with Crippen LogP contribution in [-0.4, -0.2) is 20.4 Å². The lowest BCUT2D eigenvalue weighted by molar-refractivity contribution is 0.439. The van der Waals surface area contributed by atoms with Crippen LogP contribution >= 0.6 is 11.6 Å². The van der Waals surface area contributed by atoms with E-state index in [1.54, 1.807) is 0 Å². The number of rotatable bonds is 3. The van der Waals surface area contributed by atoms with E-state index in [1.165, 1.54) is 38.5 Å². The van der Waals surface area contributed by atoms with Crippen molar-refractivity contribution in [1.82, 2.24) is 14.5 Å². The molecule has 0 aromatic carbocycles. The van der Waals surface area contributed by atoms with E-state index in [0.717, 1.165) is 23.4 Å². The number of hydrogen-bond acceptors (Lipinski definition) is 2. The topological polar surface area (TPSA) is 30.7 Å². The molecule has 0 spiro atoms. The summed E-state index contributed by atoms with van der Waals surface area (Å²) >= 11 is 5.93. The molecule has 0 amide bonds. The van der Waals surface area contributed by atoms with Gasteiger partial charge in [-0.25, -0.2) is 9.97 Å². The SMILES string of the molecule is ClCCc1nc2cccnc2n1C1CCCCCC1. The third-order valence-corrected chi connectivity index (χ3v) is 4.22. The van der Waals surface area contributed by atoms with E-state index in [-0.39, 0.29) is 0 Å². The Kier molecular flexibility index (Phi) is 4.02. The summed E-state index contributed by atoms with van der Waals surface area (Å²) in [6, 6.07) is 4.56. The highest BCUT2D eigenvalue weighted by atomic mass is 35.5. The molecular formula is C15H20ClN3. The summed E-state index contributed by atoms with van der Waals surface area (Å²) in [6.45, 7) is 0. The van der Waals surface area contributed by atoms with Gasteiger partial charge in [0.2, 0.25) is 0 Å². The van der Waals surface area contributed by atoms with E-state index in [9.17, 15) is 0 Å². The van der Waals surface area contributed by atoms with Crippen LogP contribution in [0.15, 0.2) is 18.3 Å². The lowest BCUT2D eigenvalue weighted by Crippen LogP contribution is -2.13. The summed E-state index contributed by atoms with van der Waals surface area (Å²) in [5.41, 5.74) is 2.04. The van der Waals surface area contributed by atoms with Gasteiger partial charge in [-0.2, -0.15) is 0 Å². The molecule has 4 heteroatoms. The molecule has 0 N–H and O–H groups in total. The molecule has 2 heterocycles.